The van der Waals surface area contributed by atoms with Gasteiger partial charge in [0.1, 0.15) is 5.75 Å². The Morgan fingerprint density at radius 2 is 1.69 bits per heavy atom. The molecule has 1 aliphatic heterocycles. The molecule has 2 aromatic carbocycles. The minimum Gasteiger partial charge on any atom is -0.493 e. The van der Waals surface area contributed by atoms with Gasteiger partial charge in [0, 0.05) is 24.9 Å². The summed E-state index contributed by atoms with van der Waals surface area (Å²) in [6.45, 7) is 5.22. The van der Waals surface area contributed by atoms with E-state index in [1.54, 1.807) is 0 Å². The van der Waals surface area contributed by atoms with Gasteiger partial charge in [-0.25, -0.2) is 0 Å². The maximum atomic E-state index is 6.03. The van der Waals surface area contributed by atoms with Crippen LogP contribution in [0.2, 0.25) is 0 Å². The number of para-hydroxylation sites is 1. The predicted octanol–water partition coefficient (Wildman–Crippen LogP) is 4.60. The van der Waals surface area contributed by atoms with Gasteiger partial charge in [0.15, 0.2) is 0 Å². The van der Waals surface area contributed by atoms with Crippen molar-refractivity contribution in [3.05, 3.63) is 65.7 Å². The summed E-state index contributed by atoms with van der Waals surface area (Å²) < 4.78 is 6.03. The average Bonchev–Trinajstić information content (AvgIpc) is 2.71. The van der Waals surface area contributed by atoms with Gasteiger partial charge in [-0.3, -0.25) is 4.99 Å². The van der Waals surface area contributed by atoms with Gasteiger partial charge in [-0.2, -0.15) is 0 Å². The standard InChI is InChI=1S/C23H30N2O/c1-3-10-21(11-4-1)14-15-24-20-22-12-5-6-13-23(22)26-19-9-18-25-16-7-2-8-17-25/h1,3-6,10-13,20H,2,7-9,14-19H2/b24-20-. The molecule has 3 heteroatoms. The van der Waals surface area contributed by atoms with Gasteiger partial charge in [-0.05, 0) is 56.5 Å². The Kier molecular flexibility index (Phi) is 7.73. The van der Waals surface area contributed by atoms with Crippen LogP contribution in [0.15, 0.2) is 59.6 Å². The van der Waals surface area contributed by atoms with E-state index in [0.29, 0.717) is 0 Å². The lowest BCUT2D eigenvalue weighted by Gasteiger charge is -2.26. The van der Waals surface area contributed by atoms with E-state index in [9.17, 15) is 0 Å². The maximum absolute atomic E-state index is 6.03. The summed E-state index contributed by atoms with van der Waals surface area (Å²) in [5, 5.41) is 0. The Labute approximate surface area is 157 Å². The van der Waals surface area contributed by atoms with Crippen molar-refractivity contribution in [2.45, 2.75) is 32.1 Å². The Morgan fingerprint density at radius 3 is 2.54 bits per heavy atom. The zero-order valence-electron chi connectivity index (χ0n) is 15.6. The summed E-state index contributed by atoms with van der Waals surface area (Å²) in [6, 6.07) is 18.7. The minimum absolute atomic E-state index is 0.769. The minimum atomic E-state index is 0.769. The van der Waals surface area contributed by atoms with Crippen LogP contribution in [0, 0.1) is 0 Å². The SMILES string of the molecule is C(=N/CCc1ccccc1)/c1ccccc1OCCCN1CCCCC1. The third-order valence-corrected chi connectivity index (χ3v) is 4.85. The molecule has 3 nitrogen and oxygen atoms in total. The van der Waals surface area contributed by atoms with Crippen molar-refractivity contribution >= 4 is 6.21 Å². The lowest BCUT2D eigenvalue weighted by atomic mass is 10.1. The molecule has 138 valence electrons. The summed E-state index contributed by atoms with van der Waals surface area (Å²) in [7, 11) is 0. The molecule has 0 radical (unpaired) electrons. The van der Waals surface area contributed by atoms with Crippen molar-refractivity contribution in [1.29, 1.82) is 0 Å². The third-order valence-electron chi connectivity index (χ3n) is 4.85. The largest absolute Gasteiger partial charge is 0.493 e. The van der Waals surface area contributed by atoms with Gasteiger partial charge in [0.05, 0.1) is 6.61 Å². The Hall–Kier alpha value is -2.13. The van der Waals surface area contributed by atoms with Gasteiger partial charge >= 0.3 is 0 Å². The van der Waals surface area contributed by atoms with Crippen LogP contribution in [0.1, 0.15) is 36.8 Å². The van der Waals surface area contributed by atoms with Crippen LogP contribution in [0.5, 0.6) is 5.75 Å². The van der Waals surface area contributed by atoms with Crippen LogP contribution in [0.25, 0.3) is 0 Å². The fourth-order valence-electron chi connectivity index (χ4n) is 3.37. The van der Waals surface area contributed by atoms with Crippen molar-refractivity contribution in [3.8, 4) is 5.75 Å². The number of benzene rings is 2. The van der Waals surface area contributed by atoms with Gasteiger partial charge in [0.2, 0.25) is 0 Å². The zero-order valence-corrected chi connectivity index (χ0v) is 15.6. The first-order chi connectivity index (χ1) is 12.9. The maximum Gasteiger partial charge on any atom is 0.128 e. The van der Waals surface area contributed by atoms with Gasteiger partial charge in [-0.15, -0.1) is 0 Å². The highest BCUT2D eigenvalue weighted by atomic mass is 16.5. The zero-order chi connectivity index (χ0) is 17.9. The topological polar surface area (TPSA) is 24.8 Å². The van der Waals surface area contributed by atoms with Crippen molar-refractivity contribution in [1.82, 2.24) is 4.90 Å². The molecule has 0 bridgehead atoms. The van der Waals surface area contributed by atoms with E-state index < -0.39 is 0 Å². The van der Waals surface area contributed by atoms with Crippen LogP contribution in [0.3, 0.4) is 0 Å². The molecule has 0 saturated carbocycles. The van der Waals surface area contributed by atoms with Gasteiger partial charge < -0.3 is 9.64 Å². The molecular formula is C23H30N2O. The van der Waals surface area contributed by atoms with E-state index >= 15 is 0 Å². The third kappa shape index (κ3) is 6.30. The lowest BCUT2D eigenvalue weighted by molar-refractivity contribution is 0.205. The van der Waals surface area contributed by atoms with Crippen LogP contribution < -0.4 is 4.74 Å². The second-order valence-electron chi connectivity index (χ2n) is 6.91. The summed E-state index contributed by atoms with van der Waals surface area (Å²) in [6.07, 6.45) is 8.09. The van der Waals surface area contributed by atoms with E-state index in [2.05, 4.69) is 40.2 Å². The Bertz CT molecular complexity index is 663. The van der Waals surface area contributed by atoms with E-state index in [-0.39, 0.29) is 0 Å². The van der Waals surface area contributed by atoms with Crippen molar-refractivity contribution < 1.29 is 4.74 Å². The number of ether oxygens (including phenoxy) is 1. The molecule has 0 spiro atoms. The number of hydrogen-bond donors (Lipinski definition) is 0. The number of hydrogen-bond acceptors (Lipinski definition) is 3. The van der Waals surface area contributed by atoms with Gasteiger partial charge in [0.25, 0.3) is 0 Å². The molecule has 0 aliphatic carbocycles. The quantitative estimate of drug-likeness (QED) is 0.487. The van der Waals surface area contributed by atoms with E-state index in [4.69, 9.17) is 4.74 Å². The predicted molar refractivity (Wildman–Crippen MR) is 109 cm³/mol. The Balaban J connectivity index is 1.42. The second kappa shape index (κ2) is 10.8. The number of rotatable bonds is 9. The summed E-state index contributed by atoms with van der Waals surface area (Å²) in [4.78, 5) is 7.15. The average molecular weight is 351 g/mol. The number of piperidine rings is 1. The summed E-state index contributed by atoms with van der Waals surface area (Å²) >= 11 is 0. The van der Waals surface area contributed by atoms with Gasteiger partial charge in [-0.1, -0.05) is 48.9 Å². The molecule has 1 heterocycles. The number of aliphatic imine (C=N–C) groups is 1. The molecule has 1 saturated heterocycles. The summed E-state index contributed by atoms with van der Waals surface area (Å²) in [5.41, 5.74) is 2.39. The highest BCUT2D eigenvalue weighted by Gasteiger charge is 2.09. The fourth-order valence-corrected chi connectivity index (χ4v) is 3.37. The normalized spacial score (nSPS) is 15.4. The van der Waals surface area contributed by atoms with Crippen molar-refractivity contribution in [3.63, 3.8) is 0 Å². The van der Waals surface area contributed by atoms with Crippen LogP contribution >= 0.6 is 0 Å². The molecule has 0 atom stereocenters. The number of nitrogens with zero attached hydrogens (tertiary/aromatic N) is 2. The molecule has 0 aromatic heterocycles. The molecule has 0 unspecified atom stereocenters. The van der Waals surface area contributed by atoms with E-state index in [1.165, 1.54) is 37.9 Å². The highest BCUT2D eigenvalue weighted by Crippen LogP contribution is 2.16. The Morgan fingerprint density at radius 1 is 0.923 bits per heavy atom. The molecule has 0 N–H and O–H groups in total. The van der Waals surface area contributed by atoms with Crippen molar-refractivity contribution in [2.75, 3.05) is 32.8 Å². The molecule has 1 aliphatic rings. The smallest absolute Gasteiger partial charge is 0.128 e. The first-order valence-electron chi connectivity index (χ1n) is 9.90. The summed E-state index contributed by atoms with van der Waals surface area (Å²) in [5.74, 6) is 0.939. The highest BCUT2D eigenvalue weighted by molar-refractivity contribution is 5.83. The van der Waals surface area contributed by atoms with E-state index in [0.717, 1.165) is 43.9 Å². The monoisotopic (exact) mass is 350 g/mol. The first-order valence-corrected chi connectivity index (χ1v) is 9.90. The van der Waals surface area contributed by atoms with Crippen molar-refractivity contribution in [2.24, 2.45) is 4.99 Å². The fraction of sp³-hybridized carbons (Fsp3) is 0.435. The van der Waals surface area contributed by atoms with Crippen LogP contribution in [-0.4, -0.2) is 43.9 Å². The molecule has 1 fully saturated rings. The molecule has 3 rings (SSSR count). The molecule has 2 aromatic rings. The first kappa shape index (κ1) is 18.7. The van der Waals surface area contributed by atoms with Crippen LogP contribution in [0.4, 0.5) is 0 Å². The molecule has 26 heavy (non-hydrogen) atoms. The van der Waals surface area contributed by atoms with E-state index in [1.807, 2.05) is 30.5 Å². The molecular weight excluding hydrogens is 320 g/mol. The second-order valence-corrected chi connectivity index (χ2v) is 6.91. The lowest BCUT2D eigenvalue weighted by Crippen LogP contribution is -2.31. The van der Waals surface area contributed by atoms with Crippen LogP contribution in [-0.2, 0) is 6.42 Å². The number of likely N-dealkylation sites (tertiary alicyclic amines) is 1. The molecule has 0 amide bonds.